The maximum Gasteiger partial charge on any atom is 0.490 e. The summed E-state index contributed by atoms with van der Waals surface area (Å²) >= 11 is 1.76. The van der Waals surface area contributed by atoms with Crippen molar-refractivity contribution in [2.45, 2.75) is 25.7 Å². The van der Waals surface area contributed by atoms with Crippen LogP contribution in [0.4, 0.5) is 13.2 Å². The summed E-state index contributed by atoms with van der Waals surface area (Å²) in [7, 11) is 0. The van der Waals surface area contributed by atoms with Crippen LogP contribution in [-0.2, 0) is 22.7 Å². The zero-order valence-electron chi connectivity index (χ0n) is 15.4. The Morgan fingerprint density at radius 3 is 2.48 bits per heavy atom. The molecule has 1 saturated heterocycles. The van der Waals surface area contributed by atoms with Crippen molar-refractivity contribution in [3.63, 3.8) is 0 Å². The van der Waals surface area contributed by atoms with Gasteiger partial charge in [0.2, 0.25) is 5.91 Å². The molecular formula is C19H21F3N2O4S. The minimum atomic E-state index is -5.08. The number of nitrogens with zero attached hydrogens (tertiary/aromatic N) is 1. The summed E-state index contributed by atoms with van der Waals surface area (Å²) in [6.45, 7) is 3.86. The molecule has 158 valence electrons. The molecule has 0 radical (unpaired) electrons. The fourth-order valence-electron chi connectivity index (χ4n) is 3.69. The Balaban J connectivity index is 0.000000298. The Hall–Kier alpha value is -2.33. The molecule has 1 aliphatic heterocycles. The molecule has 0 aromatic carbocycles. The maximum absolute atomic E-state index is 12.0. The van der Waals surface area contributed by atoms with Crippen molar-refractivity contribution in [2.24, 2.45) is 17.8 Å². The van der Waals surface area contributed by atoms with Crippen molar-refractivity contribution in [1.29, 1.82) is 0 Å². The second-order valence-corrected chi connectivity index (χ2v) is 7.96. The lowest BCUT2D eigenvalue weighted by Crippen LogP contribution is -2.27. The molecule has 1 unspecified atom stereocenters. The zero-order valence-corrected chi connectivity index (χ0v) is 16.2. The number of piperidine rings is 1. The number of likely N-dealkylation sites (tertiary alicyclic amines) is 1. The first-order valence-electron chi connectivity index (χ1n) is 9.06. The molecular weight excluding hydrogens is 409 g/mol. The minimum Gasteiger partial charge on any atom is -0.475 e. The van der Waals surface area contributed by atoms with E-state index < -0.39 is 12.1 Å². The summed E-state index contributed by atoms with van der Waals surface area (Å²) in [4.78, 5) is 23.4. The Morgan fingerprint density at radius 1 is 1.28 bits per heavy atom. The molecule has 3 heterocycles. The number of hydrogen-bond acceptors (Lipinski definition) is 5. The summed E-state index contributed by atoms with van der Waals surface area (Å²) in [6.07, 6.45) is -2.78. The number of nitrogens with one attached hydrogen (secondary N) is 1. The Labute approximate surface area is 169 Å². The number of aliphatic carboxylic acids is 1. The van der Waals surface area contributed by atoms with Crippen LogP contribution >= 0.6 is 11.3 Å². The van der Waals surface area contributed by atoms with Crippen LogP contribution in [0.1, 0.15) is 17.7 Å². The summed E-state index contributed by atoms with van der Waals surface area (Å²) in [6, 6.07) is 5.93. The van der Waals surface area contributed by atoms with E-state index >= 15 is 0 Å². The van der Waals surface area contributed by atoms with Crippen LogP contribution in [0.15, 0.2) is 39.6 Å². The van der Waals surface area contributed by atoms with Gasteiger partial charge in [-0.15, -0.1) is 0 Å². The molecule has 3 atom stereocenters. The number of carbonyl (C=O) groups is 2. The van der Waals surface area contributed by atoms with Crippen molar-refractivity contribution < 1.29 is 32.3 Å². The smallest absolute Gasteiger partial charge is 0.475 e. The molecule has 4 rings (SSSR count). The number of halogens is 3. The summed E-state index contributed by atoms with van der Waals surface area (Å²) in [5.74, 6) is 0.260. The molecule has 2 N–H and O–H groups in total. The molecule has 0 spiro atoms. The lowest BCUT2D eigenvalue weighted by molar-refractivity contribution is -0.192. The Bertz CT molecular complexity index is 796. The highest BCUT2D eigenvalue weighted by molar-refractivity contribution is 7.07. The highest BCUT2D eigenvalue weighted by atomic mass is 32.1. The second-order valence-electron chi connectivity index (χ2n) is 7.18. The number of carboxylic acids is 1. The average Bonchev–Trinajstić information content (AvgIpc) is 3.20. The molecule has 1 amide bonds. The van der Waals surface area contributed by atoms with E-state index in [-0.39, 0.29) is 5.91 Å². The predicted octanol–water partition coefficient (Wildman–Crippen LogP) is 3.36. The van der Waals surface area contributed by atoms with Gasteiger partial charge in [-0.3, -0.25) is 9.69 Å². The monoisotopic (exact) mass is 430 g/mol. The van der Waals surface area contributed by atoms with E-state index in [1.54, 1.807) is 17.6 Å². The van der Waals surface area contributed by atoms with Crippen LogP contribution in [0, 0.1) is 17.8 Å². The summed E-state index contributed by atoms with van der Waals surface area (Å²) in [5, 5.41) is 14.4. The van der Waals surface area contributed by atoms with Crippen LogP contribution in [0.3, 0.4) is 0 Å². The SMILES string of the molecule is O=C(CC1[C@H]2CN(Cc3ccsc3)C[C@@H]12)NCc1ccco1.O=C(O)C(F)(F)F. The summed E-state index contributed by atoms with van der Waals surface area (Å²) < 4.78 is 37.0. The van der Waals surface area contributed by atoms with E-state index in [4.69, 9.17) is 14.3 Å². The quantitative estimate of drug-likeness (QED) is 0.735. The van der Waals surface area contributed by atoms with Crippen molar-refractivity contribution in [3.05, 3.63) is 46.5 Å². The van der Waals surface area contributed by atoms with Gasteiger partial charge in [0.15, 0.2) is 0 Å². The van der Waals surface area contributed by atoms with Gasteiger partial charge in [0.25, 0.3) is 0 Å². The van der Waals surface area contributed by atoms with Crippen LogP contribution in [0.25, 0.3) is 0 Å². The number of furan rings is 1. The van der Waals surface area contributed by atoms with Crippen molar-refractivity contribution in [2.75, 3.05) is 13.1 Å². The fraction of sp³-hybridized carbons (Fsp3) is 0.474. The van der Waals surface area contributed by atoms with Gasteiger partial charge in [-0.2, -0.15) is 24.5 Å². The first-order chi connectivity index (χ1) is 13.7. The Kier molecular flexibility index (Phi) is 6.63. The molecule has 10 heteroatoms. The van der Waals surface area contributed by atoms with Crippen molar-refractivity contribution in [3.8, 4) is 0 Å². The third-order valence-corrected chi connectivity index (χ3v) is 5.87. The van der Waals surface area contributed by atoms with Gasteiger partial charge in [-0.1, -0.05) is 0 Å². The van der Waals surface area contributed by atoms with Gasteiger partial charge in [0.1, 0.15) is 5.76 Å². The molecule has 2 aromatic rings. The summed E-state index contributed by atoms with van der Waals surface area (Å²) in [5.41, 5.74) is 1.42. The highest BCUT2D eigenvalue weighted by Crippen LogP contribution is 2.53. The predicted molar refractivity (Wildman–Crippen MR) is 98.9 cm³/mol. The number of hydrogen-bond donors (Lipinski definition) is 2. The maximum atomic E-state index is 12.0. The van der Waals surface area contributed by atoms with Gasteiger partial charge in [-0.05, 0) is 52.3 Å². The minimum absolute atomic E-state index is 0.153. The van der Waals surface area contributed by atoms with E-state index in [0.29, 0.717) is 18.9 Å². The molecule has 6 nitrogen and oxygen atoms in total. The normalized spacial score (nSPS) is 23.1. The standard InChI is InChI=1S/C17H20N2O2S.C2HF3O2/c20-17(18-7-13-2-1-4-21-13)6-14-15-9-19(10-16(14)15)8-12-3-5-22-11-12;3-2(4,5)1(6)7/h1-5,11,14-16H,6-10H2,(H,18,20);(H,6,7)/t14?,15-,16+;. The number of thiophene rings is 1. The highest BCUT2D eigenvalue weighted by Gasteiger charge is 2.55. The molecule has 0 bridgehead atoms. The van der Waals surface area contributed by atoms with Gasteiger partial charge in [-0.25, -0.2) is 4.79 Å². The number of fused-ring (bicyclic) bond motifs is 1. The van der Waals surface area contributed by atoms with Crippen molar-refractivity contribution in [1.82, 2.24) is 10.2 Å². The van der Waals surface area contributed by atoms with Crippen LogP contribution in [0.2, 0.25) is 0 Å². The van der Waals surface area contributed by atoms with E-state index in [9.17, 15) is 18.0 Å². The lowest BCUT2D eigenvalue weighted by atomic mass is 10.1. The fourth-order valence-corrected chi connectivity index (χ4v) is 4.35. The topological polar surface area (TPSA) is 82.8 Å². The molecule has 1 aliphatic carbocycles. The van der Waals surface area contributed by atoms with Crippen LogP contribution < -0.4 is 5.32 Å². The number of carboxylic acid groups (broad SMARTS) is 1. The van der Waals surface area contributed by atoms with Gasteiger partial charge in [0, 0.05) is 26.1 Å². The molecule has 29 heavy (non-hydrogen) atoms. The first kappa shape index (κ1) is 21.4. The number of rotatable bonds is 6. The van der Waals surface area contributed by atoms with Gasteiger partial charge < -0.3 is 14.8 Å². The van der Waals surface area contributed by atoms with E-state index in [0.717, 1.165) is 37.2 Å². The van der Waals surface area contributed by atoms with E-state index in [2.05, 4.69) is 27.0 Å². The second kappa shape index (κ2) is 9.00. The van der Waals surface area contributed by atoms with Crippen LogP contribution in [-0.4, -0.2) is 41.1 Å². The van der Waals surface area contributed by atoms with Crippen LogP contribution in [0.5, 0.6) is 0 Å². The molecule has 2 aliphatic rings. The Morgan fingerprint density at radius 2 is 1.97 bits per heavy atom. The first-order valence-corrected chi connectivity index (χ1v) is 10.0. The number of alkyl halides is 3. The third-order valence-electron chi connectivity index (χ3n) is 5.14. The number of amides is 1. The van der Waals surface area contributed by atoms with E-state index in [1.807, 2.05) is 12.1 Å². The lowest BCUT2D eigenvalue weighted by Gasteiger charge is -2.18. The van der Waals surface area contributed by atoms with Gasteiger partial charge in [0.05, 0.1) is 12.8 Å². The molecule has 2 fully saturated rings. The molecule has 2 aromatic heterocycles. The molecule has 1 saturated carbocycles. The largest absolute Gasteiger partial charge is 0.490 e. The van der Waals surface area contributed by atoms with Crippen molar-refractivity contribution >= 4 is 23.2 Å². The zero-order chi connectivity index (χ0) is 21.0. The number of carbonyl (C=O) groups excluding carboxylic acids is 1. The third kappa shape index (κ3) is 6.07. The van der Waals surface area contributed by atoms with E-state index in [1.165, 1.54) is 5.56 Å². The average molecular weight is 430 g/mol. The van der Waals surface area contributed by atoms with Gasteiger partial charge >= 0.3 is 12.1 Å².